The van der Waals surface area contributed by atoms with E-state index in [0.29, 0.717) is 5.56 Å². The average Bonchev–Trinajstić information content (AvgIpc) is 2.66. The standard InChI is InChI=1S/C12H14N2O2S/c1-6(2)9-8(12(15)16-4)5-13-11-10(9)14-7(3)17-11/h5-6H,1-4H3. The van der Waals surface area contributed by atoms with Gasteiger partial charge in [-0.25, -0.2) is 14.8 Å². The van der Waals surface area contributed by atoms with E-state index >= 15 is 0 Å². The molecule has 0 saturated heterocycles. The van der Waals surface area contributed by atoms with Gasteiger partial charge in [0.25, 0.3) is 0 Å². The van der Waals surface area contributed by atoms with Crippen molar-refractivity contribution < 1.29 is 9.53 Å². The highest BCUT2D eigenvalue weighted by Gasteiger charge is 2.20. The number of carbonyl (C=O) groups excluding carboxylic acids is 1. The van der Waals surface area contributed by atoms with E-state index in [0.717, 1.165) is 20.9 Å². The monoisotopic (exact) mass is 250 g/mol. The molecule has 0 aliphatic heterocycles. The lowest BCUT2D eigenvalue weighted by Gasteiger charge is -2.10. The smallest absolute Gasteiger partial charge is 0.339 e. The summed E-state index contributed by atoms with van der Waals surface area (Å²) in [6.45, 7) is 6.01. The molecule has 0 bridgehead atoms. The summed E-state index contributed by atoms with van der Waals surface area (Å²) in [4.78, 5) is 21.3. The molecule has 5 heteroatoms. The van der Waals surface area contributed by atoms with Crippen LogP contribution in [0.1, 0.15) is 40.7 Å². The molecule has 0 radical (unpaired) electrons. The van der Waals surface area contributed by atoms with Gasteiger partial charge in [-0.2, -0.15) is 0 Å². The van der Waals surface area contributed by atoms with Crippen molar-refractivity contribution in [3.05, 3.63) is 22.3 Å². The summed E-state index contributed by atoms with van der Waals surface area (Å²) in [5.74, 6) is -0.148. The molecule has 2 aromatic heterocycles. The Morgan fingerprint density at radius 1 is 1.47 bits per heavy atom. The molecule has 0 N–H and O–H groups in total. The lowest BCUT2D eigenvalue weighted by Crippen LogP contribution is -2.08. The van der Waals surface area contributed by atoms with Crippen molar-refractivity contribution in [1.29, 1.82) is 0 Å². The van der Waals surface area contributed by atoms with Crippen molar-refractivity contribution in [2.75, 3.05) is 7.11 Å². The van der Waals surface area contributed by atoms with Crippen molar-refractivity contribution in [3.63, 3.8) is 0 Å². The molecule has 90 valence electrons. The maximum Gasteiger partial charge on any atom is 0.339 e. The second-order valence-electron chi connectivity index (χ2n) is 4.12. The van der Waals surface area contributed by atoms with Gasteiger partial charge in [-0.3, -0.25) is 0 Å². The fraction of sp³-hybridized carbons (Fsp3) is 0.417. The number of hydrogen-bond acceptors (Lipinski definition) is 5. The van der Waals surface area contributed by atoms with Gasteiger partial charge in [-0.1, -0.05) is 25.2 Å². The van der Waals surface area contributed by atoms with Gasteiger partial charge < -0.3 is 4.74 Å². The molecule has 0 atom stereocenters. The van der Waals surface area contributed by atoms with Gasteiger partial charge in [0.05, 0.1) is 17.7 Å². The summed E-state index contributed by atoms with van der Waals surface area (Å²) >= 11 is 1.54. The summed E-state index contributed by atoms with van der Waals surface area (Å²) < 4.78 is 4.78. The molecular formula is C12H14N2O2S. The number of methoxy groups -OCH3 is 1. The first-order chi connectivity index (χ1) is 8.04. The lowest BCUT2D eigenvalue weighted by atomic mass is 9.98. The minimum Gasteiger partial charge on any atom is -0.465 e. The van der Waals surface area contributed by atoms with E-state index in [2.05, 4.69) is 9.97 Å². The summed E-state index contributed by atoms with van der Waals surface area (Å²) in [7, 11) is 1.38. The number of rotatable bonds is 2. The lowest BCUT2D eigenvalue weighted by molar-refractivity contribution is 0.0599. The van der Waals surface area contributed by atoms with Crippen molar-refractivity contribution in [1.82, 2.24) is 9.97 Å². The zero-order chi connectivity index (χ0) is 12.6. The first-order valence-electron chi connectivity index (χ1n) is 5.39. The van der Waals surface area contributed by atoms with E-state index in [1.807, 2.05) is 20.8 Å². The number of carbonyl (C=O) groups is 1. The van der Waals surface area contributed by atoms with Crippen LogP contribution in [0.3, 0.4) is 0 Å². The number of aromatic nitrogens is 2. The molecule has 0 saturated carbocycles. The second-order valence-corrected chi connectivity index (χ2v) is 5.30. The largest absolute Gasteiger partial charge is 0.465 e. The zero-order valence-corrected chi connectivity index (χ0v) is 11.1. The number of aryl methyl sites for hydroxylation is 1. The molecule has 0 spiro atoms. The van der Waals surface area contributed by atoms with Crippen LogP contribution < -0.4 is 0 Å². The number of esters is 1. The Balaban J connectivity index is 2.76. The highest BCUT2D eigenvalue weighted by molar-refractivity contribution is 7.18. The van der Waals surface area contributed by atoms with Crippen molar-refractivity contribution in [3.8, 4) is 0 Å². The first kappa shape index (κ1) is 12.0. The molecule has 2 aromatic rings. The van der Waals surface area contributed by atoms with Gasteiger partial charge in [0.1, 0.15) is 10.3 Å². The van der Waals surface area contributed by atoms with Crippen LogP contribution in [-0.2, 0) is 4.74 Å². The SMILES string of the molecule is COC(=O)c1cnc2sc(C)nc2c1C(C)C. The van der Waals surface area contributed by atoms with E-state index in [1.165, 1.54) is 18.4 Å². The quantitative estimate of drug-likeness (QED) is 0.769. The van der Waals surface area contributed by atoms with E-state index in [-0.39, 0.29) is 11.9 Å². The van der Waals surface area contributed by atoms with Crippen LogP contribution in [0.25, 0.3) is 10.3 Å². The van der Waals surface area contributed by atoms with Crippen LogP contribution in [0.15, 0.2) is 6.20 Å². The number of thiazole rings is 1. The molecule has 0 aliphatic carbocycles. The maximum absolute atomic E-state index is 11.7. The summed E-state index contributed by atoms with van der Waals surface area (Å²) in [5.41, 5.74) is 2.26. The Morgan fingerprint density at radius 3 is 2.76 bits per heavy atom. The fourth-order valence-corrected chi connectivity index (χ4v) is 2.63. The van der Waals surface area contributed by atoms with Crippen LogP contribution in [0.2, 0.25) is 0 Å². The molecule has 17 heavy (non-hydrogen) atoms. The second kappa shape index (κ2) is 4.41. The normalized spacial score (nSPS) is 11.1. The van der Waals surface area contributed by atoms with Crippen LogP contribution >= 0.6 is 11.3 Å². The molecule has 0 amide bonds. The van der Waals surface area contributed by atoms with Gasteiger partial charge in [-0.05, 0) is 18.4 Å². The molecular weight excluding hydrogens is 236 g/mol. The van der Waals surface area contributed by atoms with Gasteiger partial charge in [0.15, 0.2) is 0 Å². The first-order valence-corrected chi connectivity index (χ1v) is 6.20. The van der Waals surface area contributed by atoms with Gasteiger partial charge in [0.2, 0.25) is 0 Å². The minimum atomic E-state index is -0.353. The summed E-state index contributed by atoms with van der Waals surface area (Å²) in [5, 5.41) is 0.955. The van der Waals surface area contributed by atoms with Gasteiger partial charge in [-0.15, -0.1) is 0 Å². The molecule has 0 aromatic carbocycles. The van der Waals surface area contributed by atoms with Crippen molar-refractivity contribution in [2.24, 2.45) is 0 Å². The molecule has 0 unspecified atom stereocenters. The molecule has 4 nitrogen and oxygen atoms in total. The Kier molecular flexibility index (Phi) is 3.11. The predicted molar refractivity (Wildman–Crippen MR) is 67.6 cm³/mol. The molecule has 2 rings (SSSR count). The minimum absolute atomic E-state index is 0.205. The van der Waals surface area contributed by atoms with Gasteiger partial charge >= 0.3 is 5.97 Å². The van der Waals surface area contributed by atoms with E-state index in [1.54, 1.807) is 6.20 Å². The fourth-order valence-electron chi connectivity index (χ4n) is 1.86. The van der Waals surface area contributed by atoms with E-state index < -0.39 is 0 Å². The topological polar surface area (TPSA) is 52.1 Å². The van der Waals surface area contributed by atoms with E-state index in [9.17, 15) is 4.79 Å². The van der Waals surface area contributed by atoms with Crippen LogP contribution in [-0.4, -0.2) is 23.0 Å². The molecule has 0 aliphatic rings. The third kappa shape index (κ3) is 2.02. The number of fused-ring (bicyclic) bond motifs is 1. The predicted octanol–water partition coefficient (Wildman–Crippen LogP) is 2.91. The Labute approximate surface area is 104 Å². The maximum atomic E-state index is 11.7. The van der Waals surface area contributed by atoms with E-state index in [4.69, 9.17) is 4.74 Å². The molecule has 2 heterocycles. The Bertz CT molecular complexity index is 575. The van der Waals surface area contributed by atoms with Crippen molar-refractivity contribution in [2.45, 2.75) is 26.7 Å². The third-order valence-electron chi connectivity index (χ3n) is 2.56. The highest BCUT2D eigenvalue weighted by atomic mass is 32.1. The number of nitrogens with zero attached hydrogens (tertiary/aromatic N) is 2. The third-order valence-corrected chi connectivity index (χ3v) is 3.43. The Morgan fingerprint density at radius 2 is 2.18 bits per heavy atom. The van der Waals surface area contributed by atoms with Gasteiger partial charge in [0, 0.05) is 6.20 Å². The van der Waals surface area contributed by atoms with Crippen LogP contribution in [0.4, 0.5) is 0 Å². The number of ether oxygens (including phenoxy) is 1. The van der Waals surface area contributed by atoms with Crippen LogP contribution in [0.5, 0.6) is 0 Å². The Hall–Kier alpha value is -1.49. The highest BCUT2D eigenvalue weighted by Crippen LogP contribution is 2.30. The molecule has 0 fully saturated rings. The zero-order valence-electron chi connectivity index (χ0n) is 10.3. The van der Waals surface area contributed by atoms with Crippen molar-refractivity contribution >= 4 is 27.7 Å². The number of pyridine rings is 1. The van der Waals surface area contributed by atoms with Crippen LogP contribution in [0, 0.1) is 6.92 Å². The summed E-state index contributed by atoms with van der Waals surface area (Å²) in [6.07, 6.45) is 1.58. The number of hydrogen-bond donors (Lipinski definition) is 0. The average molecular weight is 250 g/mol. The summed E-state index contributed by atoms with van der Waals surface area (Å²) in [6, 6.07) is 0.